The molecule has 0 atom stereocenters. The fourth-order valence-corrected chi connectivity index (χ4v) is 2.83. The van der Waals surface area contributed by atoms with Gasteiger partial charge < -0.3 is 10.6 Å². The predicted molar refractivity (Wildman–Crippen MR) is 78.0 cm³/mol. The summed E-state index contributed by atoms with van der Waals surface area (Å²) in [7, 11) is 0. The third kappa shape index (κ3) is 2.69. The van der Waals surface area contributed by atoms with E-state index in [9.17, 15) is 0 Å². The van der Waals surface area contributed by atoms with Crippen molar-refractivity contribution in [2.45, 2.75) is 31.2 Å². The van der Waals surface area contributed by atoms with Gasteiger partial charge in [-0.15, -0.1) is 0 Å². The van der Waals surface area contributed by atoms with Crippen LogP contribution in [-0.2, 0) is 0 Å². The topological polar surface area (TPSA) is 36.4 Å². The third-order valence-electron chi connectivity index (χ3n) is 3.72. The van der Waals surface area contributed by atoms with E-state index in [1.807, 2.05) is 0 Å². The van der Waals surface area contributed by atoms with Gasteiger partial charge in [0.05, 0.1) is 0 Å². The van der Waals surface area contributed by atoms with Crippen LogP contribution >= 0.6 is 15.9 Å². The Morgan fingerprint density at radius 1 is 1.22 bits per heavy atom. The molecule has 3 nitrogen and oxygen atoms in total. The highest BCUT2D eigenvalue weighted by Crippen LogP contribution is 2.37. The maximum absolute atomic E-state index is 4.45. The lowest BCUT2D eigenvalue weighted by molar-refractivity contribution is 0.321. The molecule has 4 heteroatoms. The fraction of sp³-hybridized carbons (Fsp3) is 0.500. The first-order valence-electron chi connectivity index (χ1n) is 6.61. The number of guanidine groups is 1. The summed E-state index contributed by atoms with van der Waals surface area (Å²) in [5.74, 6) is 1.71. The first kappa shape index (κ1) is 12.0. The highest BCUT2D eigenvalue weighted by atomic mass is 79.9. The Labute approximate surface area is 116 Å². The summed E-state index contributed by atoms with van der Waals surface area (Å²) >= 11 is 3.48. The van der Waals surface area contributed by atoms with Crippen molar-refractivity contribution < 1.29 is 0 Å². The van der Waals surface area contributed by atoms with Crippen LogP contribution in [0, 0.1) is 0 Å². The normalized spacial score (nSPS) is 26.8. The van der Waals surface area contributed by atoms with Crippen LogP contribution in [0.15, 0.2) is 33.7 Å². The van der Waals surface area contributed by atoms with Crippen LogP contribution in [0.4, 0.5) is 0 Å². The van der Waals surface area contributed by atoms with Crippen LogP contribution in [0.5, 0.6) is 0 Å². The molecule has 1 aromatic rings. The van der Waals surface area contributed by atoms with Crippen molar-refractivity contribution in [2.24, 2.45) is 4.99 Å². The van der Waals surface area contributed by atoms with E-state index < -0.39 is 0 Å². The van der Waals surface area contributed by atoms with E-state index in [1.54, 1.807) is 0 Å². The van der Waals surface area contributed by atoms with Crippen molar-refractivity contribution in [3.63, 3.8) is 0 Å². The van der Waals surface area contributed by atoms with E-state index in [4.69, 9.17) is 0 Å². The summed E-state index contributed by atoms with van der Waals surface area (Å²) in [4.78, 5) is 4.45. The highest BCUT2D eigenvalue weighted by Gasteiger charge is 2.30. The van der Waals surface area contributed by atoms with Gasteiger partial charge in [-0.25, -0.2) is 0 Å². The molecule has 0 amide bonds. The van der Waals surface area contributed by atoms with Crippen LogP contribution in [0.1, 0.15) is 30.7 Å². The van der Waals surface area contributed by atoms with E-state index in [1.165, 1.54) is 18.4 Å². The van der Waals surface area contributed by atoms with Crippen molar-refractivity contribution in [3.05, 3.63) is 34.3 Å². The number of rotatable bonds is 2. The molecule has 0 unspecified atom stereocenters. The maximum Gasteiger partial charge on any atom is 0.191 e. The Balaban J connectivity index is 1.51. The molecule has 0 radical (unpaired) electrons. The number of hydrogen-bond donors (Lipinski definition) is 2. The Morgan fingerprint density at radius 2 is 2.00 bits per heavy atom. The number of halogens is 1. The molecule has 1 aliphatic carbocycles. The summed E-state index contributed by atoms with van der Waals surface area (Å²) in [5, 5.41) is 6.81. The molecule has 3 rings (SSSR count). The molecule has 1 fully saturated rings. The monoisotopic (exact) mass is 307 g/mol. The Morgan fingerprint density at radius 3 is 2.67 bits per heavy atom. The second-order valence-electron chi connectivity index (χ2n) is 5.07. The zero-order valence-electron chi connectivity index (χ0n) is 10.3. The highest BCUT2D eigenvalue weighted by molar-refractivity contribution is 9.10. The van der Waals surface area contributed by atoms with Crippen LogP contribution in [0.3, 0.4) is 0 Å². The number of nitrogens with one attached hydrogen (secondary N) is 2. The number of aliphatic imine (C=N–C) groups is 1. The van der Waals surface area contributed by atoms with Crippen LogP contribution in [-0.4, -0.2) is 25.1 Å². The molecule has 18 heavy (non-hydrogen) atoms. The van der Waals surface area contributed by atoms with Crippen molar-refractivity contribution in [2.75, 3.05) is 13.1 Å². The second-order valence-corrected chi connectivity index (χ2v) is 5.99. The minimum Gasteiger partial charge on any atom is -0.356 e. The van der Waals surface area contributed by atoms with E-state index >= 15 is 0 Å². The van der Waals surface area contributed by atoms with Crippen LogP contribution < -0.4 is 10.6 Å². The van der Waals surface area contributed by atoms with E-state index in [-0.39, 0.29) is 0 Å². The summed E-state index contributed by atoms with van der Waals surface area (Å²) in [5.41, 5.74) is 1.45. The van der Waals surface area contributed by atoms with Gasteiger partial charge in [0.25, 0.3) is 0 Å². The Kier molecular flexibility index (Phi) is 3.55. The zero-order chi connectivity index (χ0) is 12.4. The molecular formula is C14H18BrN3. The van der Waals surface area contributed by atoms with Crippen molar-refractivity contribution in [1.29, 1.82) is 0 Å². The minimum absolute atomic E-state index is 0.586. The minimum atomic E-state index is 0.586. The lowest BCUT2D eigenvalue weighted by Crippen LogP contribution is -2.50. The lowest BCUT2D eigenvalue weighted by Gasteiger charge is -2.37. The van der Waals surface area contributed by atoms with Crippen molar-refractivity contribution in [1.82, 2.24) is 10.6 Å². The molecule has 1 aliphatic heterocycles. The van der Waals surface area contributed by atoms with Crippen LogP contribution in [0.25, 0.3) is 0 Å². The smallest absolute Gasteiger partial charge is 0.191 e. The molecule has 0 saturated heterocycles. The summed E-state index contributed by atoms with van der Waals surface area (Å²) in [6.07, 6.45) is 3.57. The molecule has 0 bridgehead atoms. The van der Waals surface area contributed by atoms with Gasteiger partial charge in [-0.3, -0.25) is 4.99 Å². The largest absolute Gasteiger partial charge is 0.356 e. The van der Waals surface area contributed by atoms with Gasteiger partial charge in [0.1, 0.15) is 0 Å². The van der Waals surface area contributed by atoms with E-state index in [2.05, 4.69) is 55.8 Å². The van der Waals surface area contributed by atoms with Gasteiger partial charge in [-0.1, -0.05) is 28.1 Å². The molecule has 96 valence electrons. The van der Waals surface area contributed by atoms with Gasteiger partial charge in [0.15, 0.2) is 5.96 Å². The van der Waals surface area contributed by atoms with Gasteiger partial charge in [-0.05, 0) is 42.9 Å². The van der Waals surface area contributed by atoms with Crippen molar-refractivity contribution in [3.8, 4) is 0 Å². The summed E-state index contributed by atoms with van der Waals surface area (Å²) < 4.78 is 1.15. The van der Waals surface area contributed by atoms with Crippen molar-refractivity contribution >= 4 is 21.9 Å². The molecule has 2 N–H and O–H groups in total. The number of benzene rings is 1. The van der Waals surface area contributed by atoms with Gasteiger partial charge in [0, 0.05) is 23.6 Å². The lowest BCUT2D eigenvalue weighted by atomic mass is 9.76. The average Bonchev–Trinajstić information content (AvgIpc) is 2.36. The maximum atomic E-state index is 4.45. The predicted octanol–water partition coefficient (Wildman–Crippen LogP) is 2.63. The first-order chi connectivity index (χ1) is 8.81. The molecule has 0 spiro atoms. The zero-order valence-corrected chi connectivity index (χ0v) is 11.9. The molecular weight excluding hydrogens is 290 g/mol. The van der Waals surface area contributed by atoms with E-state index in [0.29, 0.717) is 12.0 Å². The Hall–Kier alpha value is -1.03. The fourth-order valence-electron chi connectivity index (χ4n) is 2.57. The quantitative estimate of drug-likeness (QED) is 0.881. The van der Waals surface area contributed by atoms with Gasteiger partial charge in [-0.2, -0.15) is 0 Å². The standard InChI is InChI=1S/C14H18BrN3/c15-12-4-2-10(3-5-12)11-8-13(9-11)18-14-16-6-1-7-17-14/h2-5,11,13H,1,6-9H2,(H2,16,17,18). The molecule has 1 aromatic carbocycles. The number of nitrogens with zero attached hydrogens (tertiary/aromatic N) is 1. The Bertz CT molecular complexity index is 435. The SMILES string of the molecule is Brc1ccc(C2CC(NC3=NCCCN3)C2)cc1. The summed E-state index contributed by atoms with van der Waals surface area (Å²) in [6.45, 7) is 2.01. The first-order valence-corrected chi connectivity index (χ1v) is 7.41. The van der Waals surface area contributed by atoms with Gasteiger partial charge >= 0.3 is 0 Å². The third-order valence-corrected chi connectivity index (χ3v) is 4.25. The molecule has 2 aliphatic rings. The second kappa shape index (κ2) is 5.31. The van der Waals surface area contributed by atoms with Gasteiger partial charge in [0.2, 0.25) is 0 Å². The van der Waals surface area contributed by atoms with Crippen LogP contribution in [0.2, 0.25) is 0 Å². The molecule has 1 saturated carbocycles. The average molecular weight is 308 g/mol. The number of hydrogen-bond acceptors (Lipinski definition) is 3. The van der Waals surface area contributed by atoms with E-state index in [0.717, 1.165) is 29.9 Å². The molecule has 1 heterocycles. The summed E-state index contributed by atoms with van der Waals surface area (Å²) in [6, 6.07) is 9.29. The molecule has 0 aromatic heterocycles.